The van der Waals surface area contributed by atoms with E-state index in [0.717, 1.165) is 73.8 Å². The van der Waals surface area contributed by atoms with Gasteiger partial charge in [-0.15, -0.1) is 0 Å². The number of anilines is 2. The zero-order valence-corrected chi connectivity index (χ0v) is 18.6. The molecule has 170 valence electrons. The predicted molar refractivity (Wildman–Crippen MR) is 124 cm³/mol. The lowest BCUT2D eigenvalue weighted by Crippen LogP contribution is -2.46. The summed E-state index contributed by atoms with van der Waals surface area (Å²) >= 11 is 0. The number of hydrogen-bond acceptors (Lipinski definition) is 6. The highest BCUT2D eigenvalue weighted by Crippen LogP contribution is 2.28. The van der Waals surface area contributed by atoms with Crippen molar-refractivity contribution in [3.05, 3.63) is 53.6 Å². The number of amides is 1. The minimum Gasteiger partial charge on any atom is -0.495 e. The number of nitrogens with one attached hydrogen (secondary N) is 1. The molecule has 2 aromatic rings. The first-order chi connectivity index (χ1) is 15.6. The molecule has 2 aromatic carbocycles. The van der Waals surface area contributed by atoms with Crippen LogP contribution in [-0.4, -0.2) is 56.6 Å². The molecule has 2 aliphatic heterocycles. The monoisotopic (exact) mass is 437 g/mol. The number of carbonyl (C=O) groups is 2. The van der Waals surface area contributed by atoms with Crippen LogP contribution in [0.2, 0.25) is 0 Å². The highest BCUT2D eigenvalue weighted by molar-refractivity contribution is 5.94. The van der Waals surface area contributed by atoms with Crippen molar-refractivity contribution < 1.29 is 19.1 Å². The highest BCUT2D eigenvalue weighted by Gasteiger charge is 2.20. The second kappa shape index (κ2) is 10.5. The molecule has 0 unspecified atom stereocenters. The van der Waals surface area contributed by atoms with Crippen molar-refractivity contribution in [1.82, 2.24) is 4.90 Å². The first-order valence-electron chi connectivity index (χ1n) is 11.3. The second-order valence-electron chi connectivity index (χ2n) is 8.30. The van der Waals surface area contributed by atoms with Crippen LogP contribution >= 0.6 is 0 Å². The van der Waals surface area contributed by atoms with Crippen LogP contribution in [0, 0.1) is 0 Å². The number of para-hydroxylation sites is 2. The summed E-state index contributed by atoms with van der Waals surface area (Å²) in [6.45, 7) is 4.95. The lowest BCUT2D eigenvalue weighted by atomic mass is 10.0. The van der Waals surface area contributed by atoms with Crippen LogP contribution in [0.3, 0.4) is 0 Å². The molecule has 2 heterocycles. The van der Waals surface area contributed by atoms with E-state index in [1.807, 2.05) is 36.4 Å². The Morgan fingerprint density at radius 1 is 1.06 bits per heavy atom. The first-order valence-corrected chi connectivity index (χ1v) is 11.3. The normalized spacial score (nSPS) is 16.3. The van der Waals surface area contributed by atoms with Gasteiger partial charge in [0.15, 0.2) is 0 Å². The SMILES string of the molecule is COc1ccccc1N1CCN(CCCC(=O)OCc2ccc3c(c2)NC(=O)CC3)CC1. The van der Waals surface area contributed by atoms with Crippen LogP contribution in [0.15, 0.2) is 42.5 Å². The van der Waals surface area contributed by atoms with Gasteiger partial charge in [-0.1, -0.05) is 24.3 Å². The maximum Gasteiger partial charge on any atom is 0.306 e. The fourth-order valence-corrected chi connectivity index (χ4v) is 4.30. The van der Waals surface area contributed by atoms with E-state index in [9.17, 15) is 9.59 Å². The predicted octanol–water partition coefficient (Wildman–Crippen LogP) is 3.23. The molecule has 0 aliphatic carbocycles. The fourth-order valence-electron chi connectivity index (χ4n) is 4.30. The summed E-state index contributed by atoms with van der Waals surface area (Å²) in [5, 5.41) is 2.88. The number of benzene rings is 2. The number of methoxy groups -OCH3 is 1. The van der Waals surface area contributed by atoms with Gasteiger partial charge in [0.05, 0.1) is 12.8 Å². The topological polar surface area (TPSA) is 71.1 Å². The van der Waals surface area contributed by atoms with Crippen LogP contribution in [0.1, 0.15) is 30.4 Å². The average Bonchev–Trinajstić information content (AvgIpc) is 2.83. The van der Waals surface area contributed by atoms with E-state index in [4.69, 9.17) is 9.47 Å². The Balaban J connectivity index is 1.15. The molecule has 2 aliphatic rings. The third-order valence-electron chi connectivity index (χ3n) is 6.12. The molecule has 1 saturated heterocycles. The number of fused-ring (bicyclic) bond motifs is 1. The van der Waals surface area contributed by atoms with Gasteiger partial charge in [0, 0.05) is 44.7 Å². The van der Waals surface area contributed by atoms with Gasteiger partial charge in [0.2, 0.25) is 5.91 Å². The van der Waals surface area contributed by atoms with E-state index in [2.05, 4.69) is 21.2 Å². The second-order valence-corrected chi connectivity index (χ2v) is 8.30. The van der Waals surface area contributed by atoms with E-state index in [-0.39, 0.29) is 18.5 Å². The van der Waals surface area contributed by atoms with Gasteiger partial charge in [-0.3, -0.25) is 14.5 Å². The Labute approximate surface area is 189 Å². The van der Waals surface area contributed by atoms with Crippen molar-refractivity contribution in [2.45, 2.75) is 32.3 Å². The molecular weight excluding hydrogens is 406 g/mol. The number of aryl methyl sites for hydroxylation is 1. The number of hydrogen-bond donors (Lipinski definition) is 1. The summed E-state index contributed by atoms with van der Waals surface area (Å²) in [5.41, 5.74) is 4.00. The van der Waals surface area contributed by atoms with Crippen LogP contribution in [-0.2, 0) is 27.4 Å². The van der Waals surface area contributed by atoms with Crippen LogP contribution in [0.25, 0.3) is 0 Å². The summed E-state index contributed by atoms with van der Waals surface area (Å²) < 4.78 is 10.9. The Morgan fingerprint density at radius 2 is 1.88 bits per heavy atom. The first kappa shape index (κ1) is 22.1. The van der Waals surface area contributed by atoms with Crippen LogP contribution in [0.5, 0.6) is 5.75 Å². The molecule has 1 fully saturated rings. The molecule has 7 nitrogen and oxygen atoms in total. The van der Waals surface area contributed by atoms with E-state index in [1.165, 1.54) is 0 Å². The van der Waals surface area contributed by atoms with E-state index in [0.29, 0.717) is 12.8 Å². The van der Waals surface area contributed by atoms with Crippen LogP contribution in [0.4, 0.5) is 11.4 Å². The smallest absolute Gasteiger partial charge is 0.306 e. The van der Waals surface area contributed by atoms with E-state index in [1.54, 1.807) is 7.11 Å². The average molecular weight is 438 g/mol. The third kappa shape index (κ3) is 5.59. The number of carbonyl (C=O) groups excluding carboxylic acids is 2. The quantitative estimate of drug-likeness (QED) is 0.640. The Kier molecular flexibility index (Phi) is 7.27. The molecule has 0 radical (unpaired) electrons. The van der Waals surface area contributed by atoms with Gasteiger partial charge < -0.3 is 19.7 Å². The molecule has 1 amide bonds. The Hall–Kier alpha value is -3.06. The standard InChI is InChI=1S/C25H31N3O4/c1-31-23-6-3-2-5-22(23)28-15-13-27(14-16-28)12-4-7-25(30)32-18-19-8-9-20-10-11-24(29)26-21(20)17-19/h2-3,5-6,8-9,17H,4,7,10-16,18H2,1H3,(H,26,29). The van der Waals surface area contributed by atoms with Crippen molar-refractivity contribution in [1.29, 1.82) is 0 Å². The van der Waals surface area contributed by atoms with Gasteiger partial charge in [0.25, 0.3) is 0 Å². The maximum absolute atomic E-state index is 12.2. The van der Waals surface area contributed by atoms with Gasteiger partial charge in [-0.05, 0) is 48.7 Å². The molecule has 0 atom stereocenters. The fraction of sp³-hybridized carbons (Fsp3) is 0.440. The van der Waals surface area contributed by atoms with Crippen molar-refractivity contribution in [2.24, 2.45) is 0 Å². The molecule has 4 rings (SSSR count). The lowest BCUT2D eigenvalue weighted by molar-refractivity contribution is -0.145. The minimum absolute atomic E-state index is 0.0374. The lowest BCUT2D eigenvalue weighted by Gasteiger charge is -2.36. The van der Waals surface area contributed by atoms with E-state index >= 15 is 0 Å². The molecule has 0 saturated carbocycles. The molecule has 32 heavy (non-hydrogen) atoms. The Morgan fingerprint density at radius 3 is 2.69 bits per heavy atom. The molecule has 7 heteroatoms. The number of ether oxygens (including phenoxy) is 2. The summed E-state index contributed by atoms with van der Waals surface area (Å²) in [4.78, 5) is 28.5. The Bertz CT molecular complexity index is 954. The summed E-state index contributed by atoms with van der Waals surface area (Å²) in [5.74, 6) is 0.764. The van der Waals surface area contributed by atoms with Crippen molar-refractivity contribution in [3.8, 4) is 5.75 Å². The zero-order chi connectivity index (χ0) is 22.3. The van der Waals surface area contributed by atoms with Crippen LogP contribution < -0.4 is 15.0 Å². The summed E-state index contributed by atoms with van der Waals surface area (Å²) in [6.07, 6.45) is 2.48. The van der Waals surface area contributed by atoms with Gasteiger partial charge in [0.1, 0.15) is 12.4 Å². The molecule has 0 spiro atoms. The molecule has 1 N–H and O–H groups in total. The number of esters is 1. The zero-order valence-electron chi connectivity index (χ0n) is 18.6. The summed E-state index contributed by atoms with van der Waals surface area (Å²) in [7, 11) is 1.71. The van der Waals surface area contributed by atoms with Crippen molar-refractivity contribution in [3.63, 3.8) is 0 Å². The number of nitrogens with zero attached hydrogens (tertiary/aromatic N) is 2. The number of piperazine rings is 1. The van der Waals surface area contributed by atoms with Crippen molar-refractivity contribution in [2.75, 3.05) is 50.1 Å². The molecular formula is C25H31N3O4. The van der Waals surface area contributed by atoms with Crippen molar-refractivity contribution >= 4 is 23.3 Å². The van der Waals surface area contributed by atoms with Gasteiger partial charge in [-0.25, -0.2) is 0 Å². The number of rotatable bonds is 8. The third-order valence-corrected chi connectivity index (χ3v) is 6.12. The molecule has 0 aromatic heterocycles. The molecule has 0 bridgehead atoms. The summed E-state index contributed by atoms with van der Waals surface area (Å²) in [6, 6.07) is 14.0. The maximum atomic E-state index is 12.2. The van der Waals surface area contributed by atoms with E-state index < -0.39 is 0 Å². The van der Waals surface area contributed by atoms with Gasteiger partial charge >= 0.3 is 5.97 Å². The minimum atomic E-state index is -0.181. The largest absolute Gasteiger partial charge is 0.495 e. The highest BCUT2D eigenvalue weighted by atomic mass is 16.5. The van der Waals surface area contributed by atoms with Gasteiger partial charge in [-0.2, -0.15) is 0 Å².